The van der Waals surface area contributed by atoms with Crippen LogP contribution in [0.25, 0.3) is 16.2 Å². The van der Waals surface area contributed by atoms with E-state index in [0.717, 1.165) is 16.9 Å². The van der Waals surface area contributed by atoms with E-state index in [1.807, 2.05) is 0 Å². The van der Waals surface area contributed by atoms with Crippen LogP contribution in [0.5, 0.6) is 5.75 Å². The fourth-order valence-corrected chi connectivity index (χ4v) is 3.37. The average Bonchev–Trinajstić information content (AvgIpc) is 3.11. The number of rotatable bonds is 5. The van der Waals surface area contributed by atoms with Crippen molar-refractivity contribution in [2.75, 3.05) is 13.7 Å². The number of primary sulfonamides is 1. The molecule has 1 aromatic carbocycles. The van der Waals surface area contributed by atoms with Crippen LogP contribution in [0.2, 0.25) is 0 Å². The zero-order valence-corrected chi connectivity index (χ0v) is 14.0. The Morgan fingerprint density at radius 1 is 1.33 bits per heavy atom. The summed E-state index contributed by atoms with van der Waals surface area (Å²) in [5, 5.41) is 8.93. The first-order chi connectivity index (χ1) is 11.4. The first kappa shape index (κ1) is 16.4. The molecule has 0 aliphatic heterocycles. The summed E-state index contributed by atoms with van der Waals surface area (Å²) in [6.07, 6.45) is 1.60. The monoisotopic (exact) mass is 368 g/mol. The van der Waals surface area contributed by atoms with Gasteiger partial charge in [-0.3, -0.25) is 0 Å². The largest absolute Gasteiger partial charge is 0.482 e. The molecule has 0 unspecified atom stereocenters. The number of aromatic nitrogens is 3. The number of benzene rings is 1. The number of methoxy groups -OCH3 is 1. The summed E-state index contributed by atoms with van der Waals surface area (Å²) < 4.78 is 33.4. The van der Waals surface area contributed by atoms with Crippen LogP contribution in [0.3, 0.4) is 0 Å². The predicted molar refractivity (Wildman–Crippen MR) is 85.2 cm³/mol. The molecule has 2 aromatic heterocycles. The van der Waals surface area contributed by atoms with Gasteiger partial charge in [-0.25, -0.2) is 27.9 Å². The molecule has 0 fully saturated rings. The smallest absolute Gasteiger partial charge is 0.343 e. The van der Waals surface area contributed by atoms with E-state index in [2.05, 4.69) is 14.8 Å². The van der Waals surface area contributed by atoms with Gasteiger partial charge >= 0.3 is 5.97 Å². The third-order valence-corrected chi connectivity index (χ3v) is 5.24. The highest BCUT2D eigenvalue weighted by molar-refractivity contribution is 7.91. The van der Waals surface area contributed by atoms with Crippen LogP contribution < -0.4 is 9.88 Å². The van der Waals surface area contributed by atoms with Crippen molar-refractivity contribution in [3.63, 3.8) is 0 Å². The van der Waals surface area contributed by atoms with E-state index < -0.39 is 16.0 Å². The molecular weight excluding hydrogens is 356 g/mol. The maximum Gasteiger partial charge on any atom is 0.343 e. The molecule has 0 atom stereocenters. The van der Waals surface area contributed by atoms with Crippen molar-refractivity contribution in [1.29, 1.82) is 0 Å². The molecule has 0 aliphatic rings. The molecule has 3 rings (SSSR count). The number of ether oxygens (including phenoxy) is 2. The lowest BCUT2D eigenvalue weighted by Crippen LogP contribution is -2.12. The van der Waals surface area contributed by atoms with E-state index in [0.29, 0.717) is 16.4 Å². The predicted octanol–water partition coefficient (Wildman–Crippen LogP) is 0.657. The molecule has 9 nitrogen and oxygen atoms in total. The highest BCUT2D eigenvalue weighted by Gasteiger charge is 2.17. The molecule has 126 valence electrons. The van der Waals surface area contributed by atoms with Gasteiger partial charge in [0.2, 0.25) is 9.30 Å². The molecule has 0 spiro atoms. The molecule has 0 aliphatic carbocycles. The van der Waals surface area contributed by atoms with Crippen molar-refractivity contribution in [1.82, 2.24) is 14.6 Å². The van der Waals surface area contributed by atoms with Gasteiger partial charge in [-0.15, -0.1) is 5.10 Å². The lowest BCUT2D eigenvalue weighted by atomic mass is 10.2. The summed E-state index contributed by atoms with van der Waals surface area (Å²) >= 11 is 0.888. The van der Waals surface area contributed by atoms with Crippen molar-refractivity contribution in [2.45, 2.75) is 4.34 Å². The Morgan fingerprint density at radius 3 is 2.62 bits per heavy atom. The van der Waals surface area contributed by atoms with E-state index in [1.165, 1.54) is 11.6 Å². The zero-order chi connectivity index (χ0) is 17.3. The molecule has 11 heteroatoms. The number of nitrogens with zero attached hydrogens (tertiary/aromatic N) is 3. The average molecular weight is 368 g/mol. The second kappa shape index (κ2) is 6.19. The van der Waals surface area contributed by atoms with E-state index in [9.17, 15) is 13.2 Å². The number of sulfonamides is 1. The van der Waals surface area contributed by atoms with Gasteiger partial charge in [-0.2, -0.15) is 0 Å². The lowest BCUT2D eigenvalue weighted by molar-refractivity contribution is -0.142. The summed E-state index contributed by atoms with van der Waals surface area (Å²) in [7, 11) is -2.55. The van der Waals surface area contributed by atoms with Gasteiger partial charge in [0.15, 0.2) is 6.61 Å². The highest BCUT2D eigenvalue weighted by Crippen LogP contribution is 2.25. The van der Waals surface area contributed by atoms with Crippen LogP contribution in [-0.2, 0) is 19.6 Å². The quantitative estimate of drug-likeness (QED) is 0.655. The van der Waals surface area contributed by atoms with Gasteiger partial charge in [-0.05, 0) is 24.3 Å². The van der Waals surface area contributed by atoms with Gasteiger partial charge in [0.25, 0.3) is 10.0 Å². The third kappa shape index (κ3) is 3.37. The Labute approximate surface area is 140 Å². The molecule has 0 amide bonds. The number of hydrogen-bond donors (Lipinski definition) is 1. The van der Waals surface area contributed by atoms with E-state index in [1.54, 1.807) is 30.5 Å². The summed E-state index contributed by atoms with van der Waals surface area (Å²) in [6.45, 7) is -0.170. The van der Waals surface area contributed by atoms with Crippen LogP contribution in [0, 0.1) is 0 Å². The number of hydrogen-bond acceptors (Lipinski definition) is 8. The number of esters is 1. The summed E-state index contributed by atoms with van der Waals surface area (Å²) in [6, 6.07) is 6.91. The van der Waals surface area contributed by atoms with E-state index in [-0.39, 0.29) is 10.9 Å². The summed E-state index contributed by atoms with van der Waals surface area (Å²) in [5.41, 5.74) is 1.41. The molecule has 2 N–H and O–H groups in total. The Balaban J connectivity index is 1.80. The Bertz CT molecular complexity index is 960. The van der Waals surface area contributed by atoms with E-state index >= 15 is 0 Å². The van der Waals surface area contributed by atoms with Crippen LogP contribution >= 0.6 is 11.3 Å². The Hall–Kier alpha value is -2.50. The maximum absolute atomic E-state index is 11.3. The molecule has 0 bridgehead atoms. The third-order valence-electron chi connectivity index (χ3n) is 3.00. The normalized spacial score (nSPS) is 11.6. The highest BCUT2D eigenvalue weighted by atomic mass is 32.2. The molecule has 2 heterocycles. The first-order valence-corrected chi connectivity index (χ1v) is 8.92. The van der Waals surface area contributed by atoms with E-state index in [4.69, 9.17) is 9.88 Å². The fraction of sp³-hybridized carbons (Fsp3) is 0.154. The minimum atomic E-state index is -3.84. The van der Waals surface area contributed by atoms with Gasteiger partial charge < -0.3 is 9.47 Å². The van der Waals surface area contributed by atoms with Crippen molar-refractivity contribution >= 4 is 32.3 Å². The summed E-state index contributed by atoms with van der Waals surface area (Å²) in [4.78, 5) is 15.8. The van der Waals surface area contributed by atoms with Crippen LogP contribution in [0.1, 0.15) is 0 Å². The Morgan fingerprint density at radius 2 is 2.04 bits per heavy atom. The fourth-order valence-electron chi connectivity index (χ4n) is 1.86. The topological polar surface area (TPSA) is 126 Å². The number of carbonyl (C=O) groups is 1. The molecule has 24 heavy (non-hydrogen) atoms. The molecule has 0 saturated heterocycles. The number of imidazole rings is 1. The second-order valence-corrected chi connectivity index (χ2v) is 7.35. The zero-order valence-electron chi connectivity index (χ0n) is 12.4. The second-order valence-electron chi connectivity index (χ2n) is 4.66. The van der Waals surface area contributed by atoms with Crippen LogP contribution in [0.4, 0.5) is 0 Å². The number of carbonyl (C=O) groups excluding carboxylic acids is 1. The number of fused-ring (bicyclic) bond motifs is 1. The molecule has 3 aromatic rings. The standard InChI is InChI=1S/C13H12N4O5S2/c1-21-11(18)7-22-9-4-2-8(3-5-9)10-6-17-12(15-10)23-13(16-17)24(14,19)20/h2-6H,7H2,1H3,(H2,14,19,20). The van der Waals surface area contributed by atoms with Gasteiger partial charge in [0, 0.05) is 5.56 Å². The SMILES string of the molecule is COC(=O)COc1ccc(-c2cn3nc(S(N)(=O)=O)sc3n2)cc1. The molecule has 0 radical (unpaired) electrons. The maximum atomic E-state index is 11.3. The Kier molecular flexibility index (Phi) is 4.22. The number of nitrogens with two attached hydrogens (primary N) is 1. The van der Waals surface area contributed by atoms with Crippen molar-refractivity contribution in [3.8, 4) is 17.0 Å². The van der Waals surface area contributed by atoms with Crippen molar-refractivity contribution in [3.05, 3.63) is 30.5 Å². The van der Waals surface area contributed by atoms with Crippen molar-refractivity contribution < 1.29 is 22.7 Å². The van der Waals surface area contributed by atoms with Crippen LogP contribution in [0.15, 0.2) is 34.8 Å². The summed E-state index contributed by atoms with van der Waals surface area (Å²) in [5.74, 6) is 0.0463. The van der Waals surface area contributed by atoms with Gasteiger partial charge in [-0.1, -0.05) is 11.3 Å². The molecular formula is C13H12N4O5S2. The minimum Gasteiger partial charge on any atom is -0.482 e. The van der Waals surface area contributed by atoms with Gasteiger partial charge in [0.05, 0.1) is 19.0 Å². The lowest BCUT2D eigenvalue weighted by Gasteiger charge is -2.05. The first-order valence-electron chi connectivity index (χ1n) is 6.56. The van der Waals surface area contributed by atoms with Crippen LogP contribution in [-0.4, -0.2) is 42.7 Å². The van der Waals surface area contributed by atoms with Gasteiger partial charge in [0.1, 0.15) is 5.75 Å². The minimum absolute atomic E-state index is 0.170. The van der Waals surface area contributed by atoms with Crippen molar-refractivity contribution in [2.24, 2.45) is 5.14 Å². The molecule has 0 saturated carbocycles.